The molecule has 0 aliphatic carbocycles. The van der Waals surface area contributed by atoms with Gasteiger partial charge in [-0.2, -0.15) is 4.98 Å². The number of ether oxygens (including phenoxy) is 1. The number of aliphatic hydroxyl groups is 1. The van der Waals surface area contributed by atoms with E-state index in [9.17, 15) is 4.79 Å². The van der Waals surface area contributed by atoms with Gasteiger partial charge in [0.05, 0.1) is 12.2 Å². The highest BCUT2D eigenvalue weighted by molar-refractivity contribution is 5.99. The summed E-state index contributed by atoms with van der Waals surface area (Å²) in [6.45, 7) is 1.75. The van der Waals surface area contributed by atoms with E-state index in [-0.39, 0.29) is 36.4 Å². The second-order valence-corrected chi connectivity index (χ2v) is 5.45. The van der Waals surface area contributed by atoms with Gasteiger partial charge in [-0.1, -0.05) is 29.8 Å². The first kappa shape index (κ1) is 17.4. The van der Waals surface area contributed by atoms with Crippen molar-refractivity contribution in [3.05, 3.63) is 54.0 Å². The van der Waals surface area contributed by atoms with Crippen LogP contribution in [0.3, 0.4) is 0 Å². The van der Waals surface area contributed by atoms with Crippen molar-refractivity contribution in [1.82, 2.24) is 19.9 Å². The first-order valence-corrected chi connectivity index (χ1v) is 7.90. The Morgan fingerprint density at radius 1 is 1.12 bits per heavy atom. The van der Waals surface area contributed by atoms with Gasteiger partial charge in [-0.15, -0.1) is 0 Å². The van der Waals surface area contributed by atoms with Gasteiger partial charge in [0.1, 0.15) is 12.3 Å². The van der Waals surface area contributed by atoms with E-state index in [0.717, 1.165) is 5.56 Å². The molecule has 132 valence electrons. The molecule has 3 aromatic rings. The number of hydrogen-bond donors (Lipinski definition) is 2. The van der Waals surface area contributed by atoms with Crippen LogP contribution in [0.2, 0.25) is 0 Å². The predicted octanol–water partition coefficient (Wildman–Crippen LogP) is 1.38. The van der Waals surface area contributed by atoms with E-state index in [1.54, 1.807) is 6.07 Å². The second-order valence-electron chi connectivity index (χ2n) is 5.45. The molecule has 0 saturated carbocycles. The van der Waals surface area contributed by atoms with Crippen molar-refractivity contribution in [3.8, 4) is 28.7 Å². The fraction of sp³-hybridized carbons (Fsp3) is 0.167. The number of nitrogens with zero attached hydrogens (tertiary/aromatic N) is 4. The minimum absolute atomic E-state index is 0.000698. The molecule has 8 heteroatoms. The lowest BCUT2D eigenvalue weighted by molar-refractivity contribution is 0.0995. The van der Waals surface area contributed by atoms with Crippen LogP contribution in [0.25, 0.3) is 22.8 Å². The van der Waals surface area contributed by atoms with Crippen LogP contribution in [-0.4, -0.2) is 44.2 Å². The highest BCUT2D eigenvalue weighted by atomic mass is 16.5. The number of aryl methyl sites for hydroxylation is 1. The lowest BCUT2D eigenvalue weighted by atomic mass is 10.0. The van der Waals surface area contributed by atoms with Gasteiger partial charge in [0, 0.05) is 12.4 Å². The molecule has 8 nitrogen and oxygen atoms in total. The monoisotopic (exact) mass is 351 g/mol. The highest BCUT2D eigenvalue weighted by Crippen LogP contribution is 2.33. The Hall–Kier alpha value is -3.39. The number of aromatic nitrogens is 4. The number of primary amides is 1. The van der Waals surface area contributed by atoms with Gasteiger partial charge in [0.15, 0.2) is 5.82 Å². The van der Waals surface area contributed by atoms with Crippen molar-refractivity contribution < 1.29 is 14.6 Å². The van der Waals surface area contributed by atoms with Gasteiger partial charge < -0.3 is 15.6 Å². The lowest BCUT2D eigenvalue weighted by Crippen LogP contribution is -2.18. The Morgan fingerprint density at radius 3 is 2.42 bits per heavy atom. The number of rotatable bonds is 6. The molecular formula is C18H17N5O3. The molecule has 1 amide bonds. The summed E-state index contributed by atoms with van der Waals surface area (Å²) in [5.41, 5.74) is 7.65. The number of benzene rings is 1. The van der Waals surface area contributed by atoms with Crippen LogP contribution < -0.4 is 10.5 Å². The summed E-state index contributed by atoms with van der Waals surface area (Å²) >= 11 is 0. The van der Waals surface area contributed by atoms with Crippen LogP contribution in [0.15, 0.2) is 42.7 Å². The quantitative estimate of drug-likeness (QED) is 0.687. The molecule has 0 aliphatic heterocycles. The van der Waals surface area contributed by atoms with E-state index in [4.69, 9.17) is 15.6 Å². The van der Waals surface area contributed by atoms with Crippen LogP contribution in [0.1, 0.15) is 16.1 Å². The first-order valence-electron chi connectivity index (χ1n) is 7.90. The van der Waals surface area contributed by atoms with Gasteiger partial charge in [-0.3, -0.25) is 4.79 Å². The molecule has 2 heterocycles. The Bertz CT molecular complexity index is 914. The molecular weight excluding hydrogens is 334 g/mol. The minimum Gasteiger partial charge on any atom is -0.475 e. The van der Waals surface area contributed by atoms with E-state index in [1.807, 2.05) is 31.2 Å². The van der Waals surface area contributed by atoms with Crippen molar-refractivity contribution >= 4 is 5.91 Å². The molecule has 2 aromatic heterocycles. The van der Waals surface area contributed by atoms with Gasteiger partial charge >= 0.3 is 0 Å². The molecule has 0 spiro atoms. The number of amides is 1. The van der Waals surface area contributed by atoms with Crippen LogP contribution in [0.5, 0.6) is 5.88 Å². The normalized spacial score (nSPS) is 10.5. The van der Waals surface area contributed by atoms with Crippen LogP contribution in [-0.2, 0) is 0 Å². The van der Waals surface area contributed by atoms with Gasteiger partial charge in [0.2, 0.25) is 11.7 Å². The average Bonchev–Trinajstić information content (AvgIpc) is 2.67. The van der Waals surface area contributed by atoms with Crippen molar-refractivity contribution in [2.45, 2.75) is 6.92 Å². The smallest absolute Gasteiger partial charge is 0.268 e. The summed E-state index contributed by atoms with van der Waals surface area (Å²) < 4.78 is 5.56. The van der Waals surface area contributed by atoms with E-state index < -0.39 is 5.91 Å². The maximum Gasteiger partial charge on any atom is 0.268 e. The van der Waals surface area contributed by atoms with Crippen LogP contribution in [0.4, 0.5) is 0 Å². The topological polar surface area (TPSA) is 124 Å². The zero-order valence-electron chi connectivity index (χ0n) is 14.1. The number of carbonyl (C=O) groups is 1. The summed E-state index contributed by atoms with van der Waals surface area (Å²) in [4.78, 5) is 28.8. The van der Waals surface area contributed by atoms with E-state index in [2.05, 4.69) is 19.9 Å². The third-order valence-corrected chi connectivity index (χ3v) is 3.55. The van der Waals surface area contributed by atoms with Crippen molar-refractivity contribution in [3.63, 3.8) is 0 Å². The fourth-order valence-electron chi connectivity index (χ4n) is 2.36. The van der Waals surface area contributed by atoms with Gasteiger partial charge in [-0.25, -0.2) is 15.0 Å². The minimum atomic E-state index is -0.728. The van der Waals surface area contributed by atoms with Crippen LogP contribution in [0, 0.1) is 6.92 Å². The number of nitrogens with two attached hydrogens (primary N) is 1. The van der Waals surface area contributed by atoms with Crippen molar-refractivity contribution in [2.75, 3.05) is 13.2 Å². The Balaban J connectivity index is 2.23. The summed E-state index contributed by atoms with van der Waals surface area (Å²) in [7, 11) is 0. The number of hydrogen-bond acceptors (Lipinski definition) is 7. The van der Waals surface area contributed by atoms with Crippen LogP contribution >= 0.6 is 0 Å². The van der Waals surface area contributed by atoms with E-state index in [1.165, 1.54) is 12.4 Å². The molecule has 0 saturated heterocycles. The number of carbonyl (C=O) groups excluding carboxylic acids is 1. The molecule has 26 heavy (non-hydrogen) atoms. The summed E-state index contributed by atoms with van der Waals surface area (Å²) in [6, 6.07) is 9.09. The zero-order valence-corrected chi connectivity index (χ0v) is 14.1. The van der Waals surface area contributed by atoms with Crippen molar-refractivity contribution in [2.24, 2.45) is 5.73 Å². The SMILES string of the molecule is Cc1ccc(-c2c(OCCO)nc(-c3ncccn3)nc2C(N)=O)cc1. The molecule has 0 atom stereocenters. The standard InChI is InChI=1S/C18H17N5O3/c1-11-3-5-12(6-4-11)13-14(15(19)25)22-17(16-20-7-2-8-21-16)23-18(13)26-10-9-24/h2-8,24H,9-10H2,1H3,(H2,19,25). The maximum absolute atomic E-state index is 12.1. The first-order chi connectivity index (χ1) is 12.6. The predicted molar refractivity (Wildman–Crippen MR) is 94.3 cm³/mol. The molecule has 1 aromatic carbocycles. The largest absolute Gasteiger partial charge is 0.475 e. The summed E-state index contributed by atoms with van der Waals surface area (Å²) in [5, 5.41) is 9.11. The Morgan fingerprint density at radius 2 is 1.81 bits per heavy atom. The molecule has 0 fully saturated rings. The lowest BCUT2D eigenvalue weighted by Gasteiger charge is -2.14. The summed E-state index contributed by atoms with van der Waals surface area (Å²) in [6.07, 6.45) is 3.08. The maximum atomic E-state index is 12.1. The van der Waals surface area contributed by atoms with E-state index >= 15 is 0 Å². The molecule has 3 N–H and O–H groups in total. The van der Waals surface area contributed by atoms with Gasteiger partial charge in [0.25, 0.3) is 5.91 Å². The molecule has 0 bridgehead atoms. The number of aliphatic hydroxyl groups excluding tert-OH is 1. The Kier molecular flexibility index (Phi) is 5.14. The van der Waals surface area contributed by atoms with Crippen molar-refractivity contribution in [1.29, 1.82) is 0 Å². The average molecular weight is 351 g/mol. The molecule has 0 aliphatic rings. The summed E-state index contributed by atoms with van der Waals surface area (Å²) in [5.74, 6) is -0.245. The Labute approximate surface area is 149 Å². The molecule has 0 radical (unpaired) electrons. The third kappa shape index (κ3) is 3.65. The second kappa shape index (κ2) is 7.66. The van der Waals surface area contributed by atoms with Gasteiger partial charge in [-0.05, 0) is 18.6 Å². The van der Waals surface area contributed by atoms with E-state index in [0.29, 0.717) is 11.1 Å². The molecule has 3 rings (SSSR count). The highest BCUT2D eigenvalue weighted by Gasteiger charge is 2.22. The fourth-order valence-corrected chi connectivity index (χ4v) is 2.36. The molecule has 0 unspecified atom stereocenters. The zero-order chi connectivity index (χ0) is 18.5. The third-order valence-electron chi connectivity index (χ3n) is 3.55.